The first-order valence-electron chi connectivity index (χ1n) is 5.62. The van der Waals surface area contributed by atoms with Crippen molar-refractivity contribution >= 4 is 30.9 Å². The molecule has 1 radical (unpaired) electrons. The molecule has 1 aliphatic rings. The van der Waals surface area contributed by atoms with Gasteiger partial charge in [0.15, 0.2) is 0 Å². The van der Waals surface area contributed by atoms with Crippen LogP contribution in [0.5, 0.6) is 0 Å². The highest BCUT2D eigenvalue weighted by Gasteiger charge is 2.25. The van der Waals surface area contributed by atoms with Crippen LogP contribution in [-0.4, -0.2) is 8.80 Å². The largest absolute Gasteiger partial charge is 0.124 e. The van der Waals surface area contributed by atoms with Gasteiger partial charge in [0.05, 0.1) is 0 Å². The maximum absolute atomic E-state index is 2.32. The SMILES string of the molecule is CC[Si]1c2ccccc2Sc2ccccc21. The molecule has 0 saturated carbocycles. The van der Waals surface area contributed by atoms with E-state index in [1.165, 1.54) is 15.8 Å². The van der Waals surface area contributed by atoms with Crippen molar-refractivity contribution in [3.63, 3.8) is 0 Å². The van der Waals surface area contributed by atoms with Gasteiger partial charge in [-0.3, -0.25) is 0 Å². The molecule has 0 saturated heterocycles. The summed E-state index contributed by atoms with van der Waals surface area (Å²) in [7, 11) is -0.522. The Bertz CT molecular complexity index is 476. The summed E-state index contributed by atoms with van der Waals surface area (Å²) >= 11 is 1.93. The molecular formula is C14H13SSi. The second-order valence-electron chi connectivity index (χ2n) is 3.93. The van der Waals surface area contributed by atoms with E-state index in [0.717, 1.165) is 0 Å². The first-order chi connectivity index (χ1) is 7.90. The molecule has 2 aromatic carbocycles. The van der Waals surface area contributed by atoms with Crippen LogP contribution in [0.3, 0.4) is 0 Å². The molecule has 0 nitrogen and oxygen atoms in total. The van der Waals surface area contributed by atoms with E-state index in [1.54, 1.807) is 10.4 Å². The first-order valence-corrected chi connectivity index (χ1v) is 8.15. The Labute approximate surface area is 102 Å². The second-order valence-corrected chi connectivity index (χ2v) is 7.75. The molecule has 0 amide bonds. The van der Waals surface area contributed by atoms with Crippen molar-refractivity contribution in [2.75, 3.05) is 0 Å². The van der Waals surface area contributed by atoms with Crippen molar-refractivity contribution in [2.24, 2.45) is 0 Å². The molecule has 0 bridgehead atoms. The Kier molecular flexibility index (Phi) is 2.62. The molecule has 0 N–H and O–H groups in total. The lowest BCUT2D eigenvalue weighted by Crippen LogP contribution is -2.45. The number of fused-ring (bicyclic) bond motifs is 2. The van der Waals surface area contributed by atoms with Crippen molar-refractivity contribution < 1.29 is 0 Å². The molecule has 79 valence electrons. The summed E-state index contributed by atoms with van der Waals surface area (Å²) in [5, 5.41) is 3.19. The highest BCUT2D eigenvalue weighted by Crippen LogP contribution is 2.29. The van der Waals surface area contributed by atoms with Crippen LogP contribution in [0.15, 0.2) is 58.3 Å². The number of benzene rings is 2. The fraction of sp³-hybridized carbons (Fsp3) is 0.143. The Morgan fingerprint density at radius 1 is 0.875 bits per heavy atom. The van der Waals surface area contributed by atoms with Crippen LogP contribution in [0.1, 0.15) is 6.92 Å². The van der Waals surface area contributed by atoms with E-state index in [0.29, 0.717) is 0 Å². The van der Waals surface area contributed by atoms with E-state index in [1.807, 2.05) is 11.8 Å². The molecule has 16 heavy (non-hydrogen) atoms. The van der Waals surface area contributed by atoms with Gasteiger partial charge in [-0.05, 0) is 22.5 Å². The molecule has 0 atom stereocenters. The minimum absolute atomic E-state index is 0.522. The standard InChI is InChI=1S/C14H13SSi/c1-2-16-13-9-5-3-7-11(13)15-12-8-4-6-10-14(12)16/h3-10H,2H2,1H3. The Morgan fingerprint density at radius 2 is 1.38 bits per heavy atom. The normalized spacial score (nSPS) is 14.3. The summed E-state index contributed by atoms with van der Waals surface area (Å²) in [6.07, 6.45) is 0. The Hall–Kier alpha value is -0.993. The van der Waals surface area contributed by atoms with E-state index in [-0.39, 0.29) is 0 Å². The zero-order valence-corrected chi connectivity index (χ0v) is 11.1. The summed E-state index contributed by atoms with van der Waals surface area (Å²) < 4.78 is 0. The highest BCUT2D eigenvalue weighted by molar-refractivity contribution is 8.00. The first kappa shape index (κ1) is 10.2. The van der Waals surface area contributed by atoms with Crippen molar-refractivity contribution in [1.82, 2.24) is 0 Å². The van der Waals surface area contributed by atoms with Crippen LogP contribution in [0.4, 0.5) is 0 Å². The molecule has 0 aromatic heterocycles. The van der Waals surface area contributed by atoms with Crippen LogP contribution in [0.2, 0.25) is 6.04 Å². The highest BCUT2D eigenvalue weighted by atomic mass is 32.2. The Balaban J connectivity index is 2.19. The zero-order valence-electron chi connectivity index (χ0n) is 9.23. The fourth-order valence-electron chi connectivity index (χ4n) is 2.25. The Morgan fingerprint density at radius 3 is 1.88 bits per heavy atom. The summed E-state index contributed by atoms with van der Waals surface area (Å²) in [5.41, 5.74) is 0. The van der Waals surface area contributed by atoms with E-state index < -0.39 is 8.80 Å². The van der Waals surface area contributed by atoms with Gasteiger partial charge in [0.1, 0.15) is 8.80 Å². The molecule has 0 aliphatic carbocycles. The summed E-state index contributed by atoms with van der Waals surface area (Å²) in [5.74, 6) is 0. The maximum atomic E-state index is 2.32. The van der Waals surface area contributed by atoms with Gasteiger partial charge in [-0.25, -0.2) is 0 Å². The quantitative estimate of drug-likeness (QED) is 0.692. The summed E-state index contributed by atoms with van der Waals surface area (Å²) in [6, 6.07) is 19.1. The van der Waals surface area contributed by atoms with Gasteiger partial charge in [0.2, 0.25) is 0 Å². The second kappa shape index (κ2) is 4.11. The molecular weight excluding hydrogens is 228 g/mol. The van der Waals surface area contributed by atoms with Crippen LogP contribution in [0.25, 0.3) is 0 Å². The van der Waals surface area contributed by atoms with Gasteiger partial charge >= 0.3 is 0 Å². The van der Waals surface area contributed by atoms with Crippen molar-refractivity contribution in [1.29, 1.82) is 0 Å². The minimum Gasteiger partial charge on any atom is -0.0903 e. The van der Waals surface area contributed by atoms with E-state index in [4.69, 9.17) is 0 Å². The van der Waals surface area contributed by atoms with Crippen molar-refractivity contribution in [3.8, 4) is 0 Å². The van der Waals surface area contributed by atoms with E-state index in [9.17, 15) is 0 Å². The lowest BCUT2D eigenvalue weighted by atomic mass is 10.3. The molecule has 1 aliphatic heterocycles. The third kappa shape index (κ3) is 1.53. The summed E-state index contributed by atoms with van der Waals surface area (Å²) in [4.78, 5) is 2.94. The average Bonchev–Trinajstić information content (AvgIpc) is 2.36. The number of hydrogen-bond acceptors (Lipinski definition) is 1. The monoisotopic (exact) mass is 241 g/mol. The summed E-state index contributed by atoms with van der Waals surface area (Å²) in [6.45, 7) is 2.32. The molecule has 2 heteroatoms. The molecule has 2 aromatic rings. The van der Waals surface area contributed by atoms with Crippen LogP contribution in [0, 0.1) is 0 Å². The minimum atomic E-state index is -0.522. The van der Waals surface area contributed by atoms with Gasteiger partial charge in [0.25, 0.3) is 0 Å². The predicted molar refractivity (Wildman–Crippen MR) is 72.5 cm³/mol. The lowest BCUT2D eigenvalue weighted by molar-refractivity contribution is 1.37. The molecule has 1 heterocycles. The van der Waals surface area contributed by atoms with Gasteiger partial charge < -0.3 is 0 Å². The van der Waals surface area contributed by atoms with Gasteiger partial charge in [0, 0.05) is 9.79 Å². The zero-order chi connectivity index (χ0) is 11.0. The number of hydrogen-bond donors (Lipinski definition) is 0. The van der Waals surface area contributed by atoms with Crippen LogP contribution in [-0.2, 0) is 0 Å². The maximum Gasteiger partial charge on any atom is 0.124 e. The van der Waals surface area contributed by atoms with Crippen LogP contribution < -0.4 is 10.4 Å². The molecule has 0 unspecified atom stereocenters. The third-order valence-electron chi connectivity index (χ3n) is 3.00. The van der Waals surface area contributed by atoms with Gasteiger partial charge in [-0.15, -0.1) is 0 Å². The predicted octanol–water partition coefficient (Wildman–Crippen LogP) is 2.78. The van der Waals surface area contributed by atoms with Crippen molar-refractivity contribution in [2.45, 2.75) is 22.8 Å². The fourth-order valence-corrected chi connectivity index (χ4v) is 6.59. The lowest BCUT2D eigenvalue weighted by Gasteiger charge is -2.25. The molecule has 0 fully saturated rings. The van der Waals surface area contributed by atoms with E-state index >= 15 is 0 Å². The third-order valence-corrected chi connectivity index (χ3v) is 7.39. The number of rotatable bonds is 1. The van der Waals surface area contributed by atoms with Gasteiger partial charge in [-0.1, -0.05) is 61.1 Å². The topological polar surface area (TPSA) is 0 Å². The van der Waals surface area contributed by atoms with Gasteiger partial charge in [-0.2, -0.15) is 0 Å². The smallest absolute Gasteiger partial charge is 0.0903 e. The van der Waals surface area contributed by atoms with E-state index in [2.05, 4.69) is 55.5 Å². The van der Waals surface area contributed by atoms with Crippen LogP contribution >= 0.6 is 11.8 Å². The molecule has 3 rings (SSSR count). The molecule has 0 spiro atoms. The average molecular weight is 241 g/mol. The van der Waals surface area contributed by atoms with Crippen molar-refractivity contribution in [3.05, 3.63) is 48.5 Å².